The van der Waals surface area contributed by atoms with E-state index in [0.717, 1.165) is 38.6 Å². The Morgan fingerprint density at radius 2 is 1.92 bits per heavy atom. The van der Waals surface area contributed by atoms with Gasteiger partial charge in [-0.15, -0.1) is 0 Å². The van der Waals surface area contributed by atoms with Gasteiger partial charge in [0.05, 0.1) is 24.2 Å². The van der Waals surface area contributed by atoms with Gasteiger partial charge in [0.1, 0.15) is 0 Å². The molecule has 3 heterocycles. The fourth-order valence-electron chi connectivity index (χ4n) is 5.01. The molecule has 0 aliphatic carbocycles. The molecule has 3 fully saturated rings. The molecule has 3 aliphatic heterocycles. The normalized spacial score (nSPS) is 31.9. The number of ether oxygens (including phenoxy) is 1. The fraction of sp³-hybridized carbons (Fsp3) is 0.476. The molecule has 24 heavy (non-hydrogen) atoms. The number of hydrogen-bond acceptors (Lipinski definition) is 2. The summed E-state index contributed by atoms with van der Waals surface area (Å²) in [5, 5.41) is 2.55. The highest BCUT2D eigenvalue weighted by molar-refractivity contribution is 5.87. The predicted octanol–water partition coefficient (Wildman–Crippen LogP) is 4.07. The highest BCUT2D eigenvalue weighted by Crippen LogP contribution is 2.43. The van der Waals surface area contributed by atoms with Gasteiger partial charge in [0.2, 0.25) is 5.91 Å². The van der Waals surface area contributed by atoms with Crippen molar-refractivity contribution in [3.63, 3.8) is 0 Å². The maximum Gasteiger partial charge on any atom is 0.228 e. The lowest BCUT2D eigenvalue weighted by atomic mass is 9.87. The van der Waals surface area contributed by atoms with Crippen LogP contribution in [-0.2, 0) is 9.53 Å². The smallest absolute Gasteiger partial charge is 0.228 e. The summed E-state index contributed by atoms with van der Waals surface area (Å²) in [5.41, 5.74) is 1.31. The first kappa shape index (κ1) is 14.5. The molecular formula is C21H23NO2. The van der Waals surface area contributed by atoms with Crippen LogP contribution in [0.1, 0.15) is 43.7 Å². The molecule has 3 nitrogen and oxygen atoms in total. The maximum absolute atomic E-state index is 13.2. The number of amides is 1. The predicted molar refractivity (Wildman–Crippen MR) is 93.6 cm³/mol. The standard InChI is InChI=1S/C21H23NO2/c23-21(18-13-15-10-11-20(18)24-15)22-12-4-9-19(22)17-8-3-6-14-5-1-2-7-16(14)17/h1-3,5-8,15,18-20H,4,9-13H2/t15-,18-,19-,20-/m1/s1. The Morgan fingerprint density at radius 3 is 2.75 bits per heavy atom. The van der Waals surface area contributed by atoms with Crippen LogP contribution in [0.2, 0.25) is 0 Å². The van der Waals surface area contributed by atoms with E-state index in [2.05, 4.69) is 47.4 Å². The van der Waals surface area contributed by atoms with Gasteiger partial charge in [0, 0.05) is 6.54 Å². The highest BCUT2D eigenvalue weighted by Gasteiger charge is 2.47. The topological polar surface area (TPSA) is 29.5 Å². The third kappa shape index (κ3) is 2.18. The molecule has 3 heteroatoms. The van der Waals surface area contributed by atoms with Gasteiger partial charge >= 0.3 is 0 Å². The second-order valence-corrected chi connectivity index (χ2v) is 7.47. The van der Waals surface area contributed by atoms with Crippen LogP contribution in [0.4, 0.5) is 0 Å². The Bertz CT molecular complexity index is 781. The molecule has 0 spiro atoms. The van der Waals surface area contributed by atoms with Gasteiger partial charge in [-0.2, -0.15) is 0 Å². The Hall–Kier alpha value is -1.87. The van der Waals surface area contributed by atoms with Gasteiger partial charge < -0.3 is 9.64 Å². The molecule has 4 atom stereocenters. The quantitative estimate of drug-likeness (QED) is 0.834. The van der Waals surface area contributed by atoms with Crippen LogP contribution in [-0.4, -0.2) is 29.6 Å². The van der Waals surface area contributed by atoms with Crippen molar-refractivity contribution < 1.29 is 9.53 Å². The first-order valence-corrected chi connectivity index (χ1v) is 9.25. The number of benzene rings is 2. The molecule has 0 unspecified atom stereocenters. The van der Waals surface area contributed by atoms with Crippen LogP contribution in [0.5, 0.6) is 0 Å². The molecule has 2 aromatic carbocycles. The number of fused-ring (bicyclic) bond motifs is 3. The zero-order chi connectivity index (χ0) is 16.1. The summed E-state index contributed by atoms with van der Waals surface area (Å²) in [7, 11) is 0. The fourth-order valence-corrected chi connectivity index (χ4v) is 5.01. The van der Waals surface area contributed by atoms with Crippen LogP contribution in [0.3, 0.4) is 0 Å². The van der Waals surface area contributed by atoms with Crippen molar-refractivity contribution in [2.45, 2.75) is 50.4 Å². The van der Waals surface area contributed by atoms with E-state index in [1.807, 2.05) is 0 Å². The lowest BCUT2D eigenvalue weighted by molar-refractivity contribution is -0.138. The van der Waals surface area contributed by atoms with Gasteiger partial charge in [0.25, 0.3) is 0 Å². The summed E-state index contributed by atoms with van der Waals surface area (Å²) in [6, 6.07) is 15.2. The zero-order valence-corrected chi connectivity index (χ0v) is 13.9. The summed E-state index contributed by atoms with van der Waals surface area (Å²) < 4.78 is 5.93. The largest absolute Gasteiger partial charge is 0.374 e. The summed E-state index contributed by atoms with van der Waals surface area (Å²) >= 11 is 0. The third-order valence-corrected chi connectivity index (χ3v) is 6.14. The number of carbonyl (C=O) groups is 1. The van der Waals surface area contributed by atoms with Gasteiger partial charge in [0.15, 0.2) is 0 Å². The molecule has 3 aliphatic rings. The average molecular weight is 321 g/mol. The summed E-state index contributed by atoms with van der Waals surface area (Å²) in [6.45, 7) is 0.889. The number of rotatable bonds is 2. The second kappa shape index (κ2) is 5.59. The van der Waals surface area contributed by atoms with Gasteiger partial charge in [-0.05, 0) is 48.4 Å². The molecule has 0 aromatic heterocycles. The summed E-state index contributed by atoms with van der Waals surface area (Å²) in [6.07, 6.45) is 5.82. The molecule has 0 N–H and O–H groups in total. The van der Waals surface area contributed by atoms with E-state index in [1.54, 1.807) is 0 Å². The second-order valence-electron chi connectivity index (χ2n) is 7.47. The molecular weight excluding hydrogens is 298 g/mol. The van der Waals surface area contributed by atoms with Crippen molar-refractivity contribution in [2.75, 3.05) is 6.54 Å². The van der Waals surface area contributed by atoms with Crippen molar-refractivity contribution in [3.05, 3.63) is 48.0 Å². The van der Waals surface area contributed by atoms with Crippen molar-refractivity contribution in [3.8, 4) is 0 Å². The van der Waals surface area contributed by atoms with Crippen LogP contribution in [0.15, 0.2) is 42.5 Å². The minimum absolute atomic E-state index is 0.0966. The Morgan fingerprint density at radius 1 is 1.04 bits per heavy atom. The summed E-state index contributed by atoms with van der Waals surface area (Å²) in [4.78, 5) is 15.4. The Kier molecular flexibility index (Phi) is 3.37. The van der Waals surface area contributed by atoms with Crippen molar-refractivity contribution >= 4 is 16.7 Å². The van der Waals surface area contributed by atoms with E-state index in [-0.39, 0.29) is 18.1 Å². The molecule has 1 amide bonds. The molecule has 0 saturated carbocycles. The number of hydrogen-bond donors (Lipinski definition) is 0. The van der Waals surface area contributed by atoms with Crippen LogP contribution in [0.25, 0.3) is 10.8 Å². The molecule has 3 saturated heterocycles. The molecule has 2 aromatic rings. The molecule has 5 rings (SSSR count). The number of nitrogens with zero attached hydrogens (tertiary/aromatic N) is 1. The Balaban J connectivity index is 1.48. The van der Waals surface area contributed by atoms with Gasteiger partial charge in [-0.25, -0.2) is 0 Å². The van der Waals surface area contributed by atoms with E-state index in [1.165, 1.54) is 16.3 Å². The maximum atomic E-state index is 13.2. The SMILES string of the molecule is O=C([C@@H]1C[C@H]2CC[C@H]1O2)N1CCC[C@@H]1c1cccc2ccccc12. The lowest BCUT2D eigenvalue weighted by Crippen LogP contribution is -2.39. The van der Waals surface area contributed by atoms with Crippen molar-refractivity contribution in [1.82, 2.24) is 4.90 Å². The van der Waals surface area contributed by atoms with Crippen LogP contribution in [0, 0.1) is 5.92 Å². The van der Waals surface area contributed by atoms with E-state index >= 15 is 0 Å². The summed E-state index contributed by atoms with van der Waals surface area (Å²) in [5.74, 6) is 0.428. The van der Waals surface area contributed by atoms with Crippen LogP contribution >= 0.6 is 0 Å². The molecule has 2 bridgehead atoms. The van der Waals surface area contributed by atoms with E-state index < -0.39 is 0 Å². The first-order valence-electron chi connectivity index (χ1n) is 9.25. The van der Waals surface area contributed by atoms with Gasteiger partial charge in [-0.3, -0.25) is 4.79 Å². The molecule has 0 radical (unpaired) electrons. The average Bonchev–Trinajstić information content (AvgIpc) is 3.36. The minimum atomic E-state index is 0.0966. The zero-order valence-electron chi connectivity index (χ0n) is 13.9. The lowest BCUT2D eigenvalue weighted by Gasteiger charge is -2.30. The van der Waals surface area contributed by atoms with Crippen molar-refractivity contribution in [1.29, 1.82) is 0 Å². The molecule has 124 valence electrons. The third-order valence-electron chi connectivity index (χ3n) is 6.14. The minimum Gasteiger partial charge on any atom is -0.374 e. The Labute approximate surface area is 142 Å². The monoisotopic (exact) mass is 321 g/mol. The van der Waals surface area contributed by atoms with E-state index in [0.29, 0.717) is 12.0 Å². The van der Waals surface area contributed by atoms with E-state index in [4.69, 9.17) is 4.74 Å². The van der Waals surface area contributed by atoms with Crippen molar-refractivity contribution in [2.24, 2.45) is 5.92 Å². The number of carbonyl (C=O) groups excluding carboxylic acids is 1. The van der Waals surface area contributed by atoms with Crippen LogP contribution < -0.4 is 0 Å². The van der Waals surface area contributed by atoms with Gasteiger partial charge in [-0.1, -0.05) is 42.5 Å². The highest BCUT2D eigenvalue weighted by atomic mass is 16.5. The first-order chi connectivity index (χ1) is 11.8. The van der Waals surface area contributed by atoms with E-state index in [9.17, 15) is 4.79 Å². The number of likely N-dealkylation sites (tertiary alicyclic amines) is 1.